The van der Waals surface area contributed by atoms with Gasteiger partial charge in [0.25, 0.3) is 0 Å². The van der Waals surface area contributed by atoms with Crippen LogP contribution < -0.4 is 0 Å². The summed E-state index contributed by atoms with van der Waals surface area (Å²) in [5.41, 5.74) is -0.857. The second kappa shape index (κ2) is 7.44. The monoisotopic (exact) mass is 292 g/mol. The summed E-state index contributed by atoms with van der Waals surface area (Å²) in [5, 5.41) is 11.6. The zero-order valence-corrected chi connectivity index (χ0v) is 13.7. The summed E-state index contributed by atoms with van der Waals surface area (Å²) in [7, 11) is 1.81. The van der Waals surface area contributed by atoms with E-state index >= 15 is 0 Å². The Kier molecular flexibility index (Phi) is 6.22. The lowest BCUT2D eigenvalue weighted by molar-refractivity contribution is -0.140. The summed E-state index contributed by atoms with van der Waals surface area (Å²) in [6.07, 6.45) is 2.97. The lowest BCUT2D eigenvalue weighted by atomic mass is 9.79. The SMILES string of the molecule is CCCC(C#N)(CCC)C(=O)N(C)C(C)c1cccs1. The largest absolute Gasteiger partial charge is 0.337 e. The van der Waals surface area contributed by atoms with Crippen LogP contribution in [0, 0.1) is 16.7 Å². The van der Waals surface area contributed by atoms with Gasteiger partial charge in [-0.05, 0) is 31.2 Å². The number of rotatable bonds is 7. The minimum absolute atomic E-state index is 0.0175. The molecule has 4 heteroatoms. The van der Waals surface area contributed by atoms with Crippen molar-refractivity contribution in [1.29, 1.82) is 5.26 Å². The topological polar surface area (TPSA) is 44.1 Å². The molecule has 0 radical (unpaired) electrons. The van der Waals surface area contributed by atoms with E-state index < -0.39 is 5.41 Å². The summed E-state index contributed by atoms with van der Waals surface area (Å²) >= 11 is 1.64. The third-order valence-electron chi connectivity index (χ3n) is 3.83. The van der Waals surface area contributed by atoms with Crippen molar-refractivity contribution in [2.45, 2.75) is 52.5 Å². The zero-order valence-electron chi connectivity index (χ0n) is 12.8. The minimum atomic E-state index is -0.857. The predicted octanol–water partition coefficient (Wildman–Crippen LogP) is 4.38. The molecule has 0 aliphatic carbocycles. The number of carbonyl (C=O) groups excluding carboxylic acids is 1. The van der Waals surface area contributed by atoms with Gasteiger partial charge in [-0.15, -0.1) is 11.3 Å². The lowest BCUT2D eigenvalue weighted by Gasteiger charge is -2.33. The van der Waals surface area contributed by atoms with E-state index in [2.05, 4.69) is 6.07 Å². The van der Waals surface area contributed by atoms with Gasteiger partial charge in [0.1, 0.15) is 5.41 Å². The van der Waals surface area contributed by atoms with E-state index in [9.17, 15) is 10.1 Å². The zero-order chi connectivity index (χ0) is 15.2. The summed E-state index contributed by atoms with van der Waals surface area (Å²) in [5.74, 6) is -0.0374. The summed E-state index contributed by atoms with van der Waals surface area (Å²) in [6.45, 7) is 6.07. The van der Waals surface area contributed by atoms with Gasteiger partial charge in [-0.1, -0.05) is 32.8 Å². The van der Waals surface area contributed by atoms with E-state index in [-0.39, 0.29) is 11.9 Å². The highest BCUT2D eigenvalue weighted by atomic mass is 32.1. The Morgan fingerprint density at radius 1 is 1.45 bits per heavy atom. The van der Waals surface area contributed by atoms with Crippen molar-refractivity contribution in [3.8, 4) is 6.07 Å². The van der Waals surface area contributed by atoms with Crippen molar-refractivity contribution in [3.63, 3.8) is 0 Å². The highest BCUT2D eigenvalue weighted by molar-refractivity contribution is 7.10. The highest BCUT2D eigenvalue weighted by Gasteiger charge is 2.40. The maximum atomic E-state index is 12.8. The molecular formula is C16H24N2OS. The van der Waals surface area contributed by atoms with Gasteiger partial charge in [0.05, 0.1) is 12.1 Å². The van der Waals surface area contributed by atoms with Gasteiger partial charge >= 0.3 is 0 Å². The van der Waals surface area contributed by atoms with Gasteiger partial charge in [0.15, 0.2) is 0 Å². The molecule has 0 aliphatic heterocycles. The number of nitrogens with zero attached hydrogens (tertiary/aromatic N) is 2. The Hall–Kier alpha value is -1.34. The normalized spacial score (nSPS) is 12.8. The molecule has 1 amide bonds. The average Bonchev–Trinajstić information content (AvgIpc) is 2.98. The van der Waals surface area contributed by atoms with Crippen molar-refractivity contribution in [2.75, 3.05) is 7.05 Å². The Morgan fingerprint density at radius 2 is 2.05 bits per heavy atom. The Balaban J connectivity index is 2.97. The van der Waals surface area contributed by atoms with Crippen molar-refractivity contribution < 1.29 is 4.79 Å². The number of carbonyl (C=O) groups is 1. The Bertz CT molecular complexity index is 455. The molecule has 0 fully saturated rings. The summed E-state index contributed by atoms with van der Waals surface area (Å²) in [4.78, 5) is 15.7. The van der Waals surface area contributed by atoms with Crippen LogP contribution in [0.2, 0.25) is 0 Å². The maximum Gasteiger partial charge on any atom is 0.243 e. The first kappa shape index (κ1) is 16.7. The smallest absolute Gasteiger partial charge is 0.243 e. The van der Waals surface area contributed by atoms with E-state index in [1.165, 1.54) is 0 Å². The second-order valence-corrected chi connectivity index (χ2v) is 6.28. The van der Waals surface area contributed by atoms with Gasteiger partial charge in [-0.2, -0.15) is 5.26 Å². The average molecular weight is 292 g/mol. The molecule has 1 unspecified atom stereocenters. The third-order valence-corrected chi connectivity index (χ3v) is 4.88. The van der Waals surface area contributed by atoms with Gasteiger partial charge in [0, 0.05) is 11.9 Å². The molecule has 0 spiro atoms. The molecule has 0 saturated heterocycles. The molecule has 110 valence electrons. The van der Waals surface area contributed by atoms with Gasteiger partial charge < -0.3 is 4.90 Å². The molecule has 0 aromatic carbocycles. The summed E-state index contributed by atoms with van der Waals surface area (Å²) in [6, 6.07) is 6.35. The maximum absolute atomic E-state index is 12.8. The van der Waals surface area contributed by atoms with Crippen LogP contribution >= 0.6 is 11.3 Å². The fourth-order valence-corrected chi connectivity index (χ4v) is 3.41. The molecule has 1 rings (SSSR count). The number of amides is 1. The Labute approximate surface area is 126 Å². The van der Waals surface area contributed by atoms with Crippen LogP contribution in [0.1, 0.15) is 57.4 Å². The first-order valence-corrected chi connectivity index (χ1v) is 8.12. The van der Waals surface area contributed by atoms with E-state index in [0.717, 1.165) is 17.7 Å². The van der Waals surface area contributed by atoms with Crippen molar-refractivity contribution >= 4 is 17.2 Å². The standard InChI is InChI=1S/C16H24N2OS/c1-5-9-16(12-17,10-6-2)15(19)18(4)13(3)14-8-7-11-20-14/h7-8,11,13H,5-6,9-10H2,1-4H3. The van der Waals surface area contributed by atoms with Gasteiger partial charge in [-0.25, -0.2) is 0 Å². The number of nitriles is 1. The molecule has 1 aromatic rings. The van der Waals surface area contributed by atoms with Gasteiger partial charge in [-0.3, -0.25) is 4.79 Å². The highest BCUT2D eigenvalue weighted by Crippen LogP contribution is 2.34. The molecule has 0 bridgehead atoms. The molecule has 20 heavy (non-hydrogen) atoms. The Morgan fingerprint density at radius 3 is 2.45 bits per heavy atom. The second-order valence-electron chi connectivity index (χ2n) is 5.30. The van der Waals surface area contributed by atoms with Crippen LogP contribution in [-0.2, 0) is 4.79 Å². The van der Waals surface area contributed by atoms with Gasteiger partial charge in [0.2, 0.25) is 5.91 Å². The number of hydrogen-bond acceptors (Lipinski definition) is 3. The first-order chi connectivity index (χ1) is 9.52. The first-order valence-electron chi connectivity index (χ1n) is 7.24. The van der Waals surface area contributed by atoms with Crippen LogP contribution in [0.3, 0.4) is 0 Å². The van der Waals surface area contributed by atoms with Crippen LogP contribution in [0.25, 0.3) is 0 Å². The number of thiophene rings is 1. The number of hydrogen-bond donors (Lipinski definition) is 0. The lowest BCUT2D eigenvalue weighted by Crippen LogP contribution is -2.42. The molecule has 3 nitrogen and oxygen atoms in total. The van der Waals surface area contributed by atoms with Crippen LogP contribution in [0.4, 0.5) is 0 Å². The van der Waals surface area contributed by atoms with Crippen molar-refractivity contribution in [3.05, 3.63) is 22.4 Å². The molecule has 0 aliphatic rings. The quantitative estimate of drug-likeness (QED) is 0.748. The molecular weight excluding hydrogens is 268 g/mol. The molecule has 0 N–H and O–H groups in total. The van der Waals surface area contributed by atoms with Crippen LogP contribution in [-0.4, -0.2) is 17.9 Å². The molecule has 0 saturated carbocycles. The molecule has 1 aromatic heterocycles. The molecule has 1 heterocycles. The van der Waals surface area contributed by atoms with Crippen LogP contribution in [0.5, 0.6) is 0 Å². The van der Waals surface area contributed by atoms with E-state index in [1.807, 2.05) is 45.3 Å². The minimum Gasteiger partial charge on any atom is -0.337 e. The van der Waals surface area contributed by atoms with Crippen molar-refractivity contribution in [2.24, 2.45) is 5.41 Å². The van der Waals surface area contributed by atoms with E-state index in [0.29, 0.717) is 12.8 Å². The van der Waals surface area contributed by atoms with Crippen LogP contribution in [0.15, 0.2) is 17.5 Å². The van der Waals surface area contributed by atoms with Crippen molar-refractivity contribution in [1.82, 2.24) is 4.90 Å². The third kappa shape index (κ3) is 3.40. The summed E-state index contributed by atoms with van der Waals surface area (Å²) < 4.78 is 0. The fraction of sp³-hybridized carbons (Fsp3) is 0.625. The predicted molar refractivity (Wildman–Crippen MR) is 83.4 cm³/mol. The fourth-order valence-electron chi connectivity index (χ4n) is 2.59. The van der Waals surface area contributed by atoms with E-state index in [4.69, 9.17) is 0 Å². The molecule has 1 atom stereocenters. The van der Waals surface area contributed by atoms with E-state index in [1.54, 1.807) is 16.2 Å².